The fraction of sp³-hybridized carbons (Fsp3) is 0.758. The molecule has 0 aromatic carbocycles. The Morgan fingerprint density at radius 1 is 0.474 bits per heavy atom. The minimum Gasteiger partial charge on any atom is -0.756 e. The summed E-state index contributed by atoms with van der Waals surface area (Å²) >= 11 is 0. The molecule has 0 fully saturated rings. The Morgan fingerprint density at radius 3 is 1.32 bits per heavy atom. The van der Waals surface area contributed by atoms with E-state index in [4.69, 9.17) is 13.8 Å². The van der Waals surface area contributed by atoms with E-state index in [1.807, 2.05) is 33.3 Å². The van der Waals surface area contributed by atoms with Crippen molar-refractivity contribution in [1.82, 2.24) is 5.32 Å². The molecule has 1 N–H and O–H groups in total. The minimum absolute atomic E-state index is 0.0267. The van der Waals surface area contributed by atoms with E-state index in [9.17, 15) is 19.0 Å². The van der Waals surface area contributed by atoms with Crippen LogP contribution in [0.1, 0.15) is 271 Å². The molecule has 9 nitrogen and oxygen atoms in total. The fourth-order valence-electron chi connectivity index (χ4n) is 8.71. The van der Waals surface area contributed by atoms with Gasteiger partial charge in [0.1, 0.15) is 19.3 Å². The number of allylic oxidation sites excluding steroid dienone is 13. The Bertz CT molecular complexity index is 1580. The average molecular weight is 1080 g/mol. The number of ether oxygens (including phenoxy) is 1. The zero-order valence-corrected chi connectivity index (χ0v) is 51.1. The molecular formula is C66H119N2O7P. The van der Waals surface area contributed by atoms with Gasteiger partial charge in [0, 0.05) is 12.8 Å². The highest BCUT2D eigenvalue weighted by molar-refractivity contribution is 7.45. The molecule has 0 radical (unpaired) electrons. The molecule has 1 amide bonds. The highest BCUT2D eigenvalue weighted by Gasteiger charge is 2.27. The van der Waals surface area contributed by atoms with Crippen LogP contribution in [-0.2, 0) is 27.9 Å². The van der Waals surface area contributed by atoms with E-state index >= 15 is 0 Å². The van der Waals surface area contributed by atoms with Crippen LogP contribution < -0.4 is 10.2 Å². The molecule has 76 heavy (non-hydrogen) atoms. The first-order valence-electron chi connectivity index (χ1n) is 31.4. The van der Waals surface area contributed by atoms with Gasteiger partial charge in [-0.25, -0.2) is 0 Å². The van der Waals surface area contributed by atoms with Gasteiger partial charge in [0.15, 0.2) is 0 Å². The second-order valence-corrected chi connectivity index (χ2v) is 23.6. The molecule has 3 atom stereocenters. The third-order valence-corrected chi connectivity index (χ3v) is 14.5. The largest absolute Gasteiger partial charge is 0.756 e. The monoisotopic (exact) mass is 1080 g/mol. The lowest BCUT2D eigenvalue weighted by Gasteiger charge is -2.30. The standard InChI is InChI=1S/C66H119N2O7P/c1-7-10-13-16-19-22-25-27-28-29-30-31-32-33-34-35-36-37-38-39-40-41-44-47-50-53-56-59-66(70)75-64(57-54-51-48-45-43-26-23-20-17-14-11-8-2)63(62-74-76(71,72)73-61-60-68(4,5)6)67-65(69)58-55-52-49-46-42-24-21-18-15-12-9-3/h10,13,18-19,21-22,27-28,30-31,33-34,54,57,63-64H,7-9,11-12,14-17,20,23-26,29,32,35-53,55-56,58-62H2,1-6H3,(H-,67,69,71,72)/b13-10-,21-18-,22-19-,28-27-,31-30-,34-33-,57-54-. The maximum Gasteiger partial charge on any atom is 0.306 e. The average Bonchev–Trinajstić information content (AvgIpc) is 3.38. The van der Waals surface area contributed by atoms with Gasteiger partial charge in [-0.15, -0.1) is 0 Å². The number of amides is 1. The molecule has 0 aliphatic carbocycles. The van der Waals surface area contributed by atoms with Crippen molar-refractivity contribution in [2.24, 2.45) is 0 Å². The Kier molecular flexibility index (Phi) is 53.5. The van der Waals surface area contributed by atoms with Crippen LogP contribution in [0.2, 0.25) is 0 Å². The summed E-state index contributed by atoms with van der Waals surface area (Å²) in [7, 11) is 1.17. The molecule has 0 bridgehead atoms. The number of phosphoric ester groups is 1. The Balaban J connectivity index is 5.05. The zero-order chi connectivity index (χ0) is 55.7. The van der Waals surface area contributed by atoms with Crippen molar-refractivity contribution in [3.05, 3.63) is 85.1 Å². The number of quaternary nitrogens is 1. The number of hydrogen-bond donors (Lipinski definition) is 1. The number of likely N-dealkylation sites (N-methyl/N-ethyl adjacent to an activating group) is 1. The van der Waals surface area contributed by atoms with Crippen molar-refractivity contribution in [2.45, 2.75) is 283 Å². The number of esters is 1. The molecule has 0 aromatic rings. The van der Waals surface area contributed by atoms with E-state index in [1.165, 1.54) is 116 Å². The number of nitrogens with one attached hydrogen (secondary N) is 1. The predicted octanol–water partition coefficient (Wildman–Crippen LogP) is 18.8. The molecule has 0 aliphatic heterocycles. The summed E-state index contributed by atoms with van der Waals surface area (Å²) in [6, 6.07) is -0.895. The van der Waals surface area contributed by atoms with Crippen molar-refractivity contribution >= 4 is 19.7 Å². The molecule has 0 saturated carbocycles. The number of unbranched alkanes of at least 4 members (excludes halogenated alkanes) is 28. The van der Waals surface area contributed by atoms with E-state index in [2.05, 4.69) is 99.0 Å². The zero-order valence-electron chi connectivity index (χ0n) is 50.2. The molecule has 0 aromatic heterocycles. The highest BCUT2D eigenvalue weighted by atomic mass is 31.2. The maximum atomic E-state index is 13.5. The van der Waals surface area contributed by atoms with Crippen molar-refractivity contribution in [1.29, 1.82) is 0 Å². The first-order chi connectivity index (χ1) is 36.9. The fourth-order valence-corrected chi connectivity index (χ4v) is 9.43. The molecular weight excluding hydrogens is 964 g/mol. The Hall–Kier alpha value is -2.81. The third-order valence-electron chi connectivity index (χ3n) is 13.6. The van der Waals surface area contributed by atoms with Crippen LogP contribution in [0.5, 0.6) is 0 Å². The molecule has 0 aliphatic rings. The predicted molar refractivity (Wildman–Crippen MR) is 325 cm³/mol. The summed E-state index contributed by atoms with van der Waals surface area (Å²) in [6.07, 6.45) is 72.7. The van der Waals surface area contributed by atoms with Gasteiger partial charge in [0.05, 0.1) is 33.8 Å². The summed E-state index contributed by atoms with van der Waals surface area (Å²) in [6.45, 7) is 6.68. The van der Waals surface area contributed by atoms with Crippen LogP contribution in [0.25, 0.3) is 0 Å². The van der Waals surface area contributed by atoms with Crippen LogP contribution in [0.3, 0.4) is 0 Å². The Labute approximate surface area is 469 Å². The SMILES string of the molecule is CC/C=C\C/C=C\C/C=C\C/C=C\C/C=C\CCCCCCCCCCCCCC(=O)OC(/C=C\CCCCCCCCCCCC)C(COP(=O)([O-])OCC[N+](C)(C)C)NC(=O)CCCCCCC/C=C\CCCC. The van der Waals surface area contributed by atoms with Gasteiger partial charge in [-0.2, -0.15) is 0 Å². The molecule has 0 heterocycles. The van der Waals surface area contributed by atoms with Crippen molar-refractivity contribution in [3.8, 4) is 0 Å². The minimum atomic E-state index is -4.70. The number of hydrogen-bond acceptors (Lipinski definition) is 7. The molecule has 440 valence electrons. The summed E-state index contributed by atoms with van der Waals surface area (Å²) in [4.78, 5) is 39.9. The number of phosphoric acid groups is 1. The van der Waals surface area contributed by atoms with Gasteiger partial charge in [-0.05, 0) is 96.0 Å². The lowest BCUT2D eigenvalue weighted by Crippen LogP contribution is -2.47. The van der Waals surface area contributed by atoms with E-state index in [0.29, 0.717) is 17.4 Å². The van der Waals surface area contributed by atoms with Crippen LogP contribution in [0, 0.1) is 0 Å². The van der Waals surface area contributed by atoms with E-state index in [1.54, 1.807) is 0 Å². The summed E-state index contributed by atoms with van der Waals surface area (Å²) in [5.74, 6) is -0.556. The van der Waals surface area contributed by atoms with Gasteiger partial charge < -0.3 is 28.5 Å². The lowest BCUT2D eigenvalue weighted by molar-refractivity contribution is -0.870. The van der Waals surface area contributed by atoms with E-state index in [-0.39, 0.29) is 24.9 Å². The normalized spacial score (nSPS) is 14.2. The van der Waals surface area contributed by atoms with Gasteiger partial charge in [0.25, 0.3) is 7.82 Å². The van der Waals surface area contributed by atoms with Crippen LogP contribution in [0.4, 0.5) is 0 Å². The summed E-state index contributed by atoms with van der Waals surface area (Å²) in [5, 5.41) is 3.01. The number of carbonyl (C=O) groups is 2. The first-order valence-corrected chi connectivity index (χ1v) is 32.9. The second-order valence-electron chi connectivity index (χ2n) is 22.2. The molecule has 3 unspecified atom stereocenters. The summed E-state index contributed by atoms with van der Waals surface area (Å²) in [5.41, 5.74) is 0. The topological polar surface area (TPSA) is 114 Å². The molecule has 0 rings (SSSR count). The quantitative estimate of drug-likeness (QED) is 0.0212. The van der Waals surface area contributed by atoms with Crippen LogP contribution in [-0.4, -0.2) is 69.4 Å². The third kappa shape index (κ3) is 55.9. The van der Waals surface area contributed by atoms with Crippen molar-refractivity contribution in [3.63, 3.8) is 0 Å². The second kappa shape index (κ2) is 55.5. The maximum absolute atomic E-state index is 13.5. The van der Waals surface area contributed by atoms with Crippen LogP contribution >= 0.6 is 7.82 Å². The van der Waals surface area contributed by atoms with Gasteiger partial charge in [0.2, 0.25) is 5.91 Å². The summed E-state index contributed by atoms with van der Waals surface area (Å²) < 4.78 is 30.3. The Morgan fingerprint density at radius 2 is 0.855 bits per heavy atom. The molecule has 10 heteroatoms. The van der Waals surface area contributed by atoms with E-state index < -0.39 is 26.6 Å². The number of nitrogens with zero attached hydrogens (tertiary/aromatic N) is 1. The number of rotatable bonds is 56. The highest BCUT2D eigenvalue weighted by Crippen LogP contribution is 2.38. The first kappa shape index (κ1) is 73.2. The van der Waals surface area contributed by atoms with Gasteiger partial charge in [-0.3, -0.25) is 14.2 Å². The lowest BCUT2D eigenvalue weighted by atomic mass is 10.0. The van der Waals surface area contributed by atoms with Gasteiger partial charge >= 0.3 is 5.97 Å². The number of carbonyl (C=O) groups excluding carboxylic acids is 2. The van der Waals surface area contributed by atoms with Crippen molar-refractivity contribution in [2.75, 3.05) is 40.9 Å². The molecule has 0 saturated heterocycles. The molecule has 0 spiro atoms. The van der Waals surface area contributed by atoms with Gasteiger partial charge in [-0.1, -0.05) is 247 Å². The van der Waals surface area contributed by atoms with E-state index in [0.717, 1.165) is 122 Å². The van der Waals surface area contributed by atoms with Crippen molar-refractivity contribution < 1.29 is 37.3 Å². The smallest absolute Gasteiger partial charge is 0.306 e. The van der Waals surface area contributed by atoms with Crippen LogP contribution in [0.15, 0.2) is 85.1 Å².